The summed E-state index contributed by atoms with van der Waals surface area (Å²) in [6, 6.07) is 6.50. The van der Waals surface area contributed by atoms with Gasteiger partial charge in [0, 0.05) is 13.3 Å². The summed E-state index contributed by atoms with van der Waals surface area (Å²) in [5.41, 5.74) is 0.979. The molecule has 2 rings (SSSR count). The van der Waals surface area contributed by atoms with Gasteiger partial charge in [-0.25, -0.2) is 9.79 Å². The lowest BCUT2D eigenvalue weighted by Gasteiger charge is -2.17. The van der Waals surface area contributed by atoms with Crippen LogP contribution in [-0.2, 0) is 20.7 Å². The van der Waals surface area contributed by atoms with Crippen LogP contribution in [0.1, 0.15) is 19.4 Å². The van der Waals surface area contributed by atoms with Crippen LogP contribution >= 0.6 is 0 Å². The van der Waals surface area contributed by atoms with Gasteiger partial charge in [-0.3, -0.25) is 4.79 Å². The highest BCUT2D eigenvalue weighted by Gasteiger charge is 2.31. The van der Waals surface area contributed by atoms with Crippen LogP contribution in [0.4, 0.5) is 0 Å². The number of ether oxygens (including phenoxy) is 2. The van der Waals surface area contributed by atoms with E-state index in [1.54, 1.807) is 14.0 Å². The molecule has 1 N–H and O–H groups in total. The summed E-state index contributed by atoms with van der Waals surface area (Å²) in [7, 11) is 1.60. The van der Waals surface area contributed by atoms with Crippen molar-refractivity contribution >= 4 is 17.8 Å². The minimum absolute atomic E-state index is 0.202. The van der Waals surface area contributed by atoms with E-state index in [1.807, 2.05) is 24.3 Å². The SMILES string of the molecule is COc1ccc(CC(NC(C)=O)C2=NC(C)C(=O)O2)cc1. The van der Waals surface area contributed by atoms with Gasteiger partial charge in [0.25, 0.3) is 0 Å². The number of hydrogen-bond acceptors (Lipinski definition) is 5. The Kier molecular flexibility index (Phi) is 4.57. The zero-order valence-electron chi connectivity index (χ0n) is 12.3. The van der Waals surface area contributed by atoms with Crippen molar-refractivity contribution < 1.29 is 19.1 Å². The summed E-state index contributed by atoms with van der Waals surface area (Å²) in [6.07, 6.45) is 0.488. The van der Waals surface area contributed by atoms with Crippen molar-refractivity contribution in [2.45, 2.75) is 32.4 Å². The highest BCUT2D eigenvalue weighted by Crippen LogP contribution is 2.15. The smallest absolute Gasteiger partial charge is 0.337 e. The predicted octanol–water partition coefficient (Wildman–Crippen LogP) is 1.09. The first-order chi connectivity index (χ1) is 9.99. The number of carbonyl (C=O) groups excluding carboxylic acids is 2. The monoisotopic (exact) mass is 290 g/mol. The number of amides is 1. The normalized spacial score (nSPS) is 18.7. The summed E-state index contributed by atoms with van der Waals surface area (Å²) >= 11 is 0. The maximum absolute atomic E-state index is 11.4. The highest BCUT2D eigenvalue weighted by atomic mass is 16.6. The molecule has 1 aromatic carbocycles. The molecule has 0 radical (unpaired) electrons. The quantitative estimate of drug-likeness (QED) is 0.823. The third kappa shape index (κ3) is 3.81. The molecule has 21 heavy (non-hydrogen) atoms. The number of esters is 1. The summed E-state index contributed by atoms with van der Waals surface area (Å²) in [5, 5.41) is 2.76. The van der Waals surface area contributed by atoms with Gasteiger partial charge in [0.2, 0.25) is 11.8 Å². The number of hydrogen-bond donors (Lipinski definition) is 1. The van der Waals surface area contributed by atoms with Gasteiger partial charge in [-0.1, -0.05) is 12.1 Å². The van der Waals surface area contributed by atoms with E-state index in [9.17, 15) is 9.59 Å². The van der Waals surface area contributed by atoms with Gasteiger partial charge in [-0.15, -0.1) is 0 Å². The van der Waals surface area contributed by atoms with Crippen molar-refractivity contribution in [2.75, 3.05) is 7.11 Å². The molecule has 1 heterocycles. The van der Waals surface area contributed by atoms with Crippen molar-refractivity contribution in [3.8, 4) is 5.75 Å². The average Bonchev–Trinajstić information content (AvgIpc) is 2.78. The van der Waals surface area contributed by atoms with Gasteiger partial charge < -0.3 is 14.8 Å². The molecule has 1 amide bonds. The molecule has 2 atom stereocenters. The number of aliphatic imine (C=N–C) groups is 1. The summed E-state index contributed by atoms with van der Waals surface area (Å²) in [6.45, 7) is 3.08. The summed E-state index contributed by atoms with van der Waals surface area (Å²) < 4.78 is 10.2. The van der Waals surface area contributed by atoms with Crippen molar-refractivity contribution in [1.82, 2.24) is 5.32 Å². The standard InChI is InChI=1S/C15H18N2O4/c1-9-15(19)21-14(16-9)13(17-10(2)18)8-11-4-6-12(20-3)7-5-11/h4-7,9,13H,8H2,1-3H3,(H,17,18). The number of rotatable bonds is 5. The van der Waals surface area contributed by atoms with Gasteiger partial charge in [0.05, 0.1) is 7.11 Å². The second kappa shape index (κ2) is 6.39. The Morgan fingerprint density at radius 2 is 2.10 bits per heavy atom. The molecule has 6 nitrogen and oxygen atoms in total. The maximum atomic E-state index is 11.4. The Morgan fingerprint density at radius 3 is 2.57 bits per heavy atom. The molecule has 112 valence electrons. The zero-order chi connectivity index (χ0) is 15.4. The maximum Gasteiger partial charge on any atom is 0.337 e. The number of benzene rings is 1. The van der Waals surface area contributed by atoms with Crippen molar-refractivity contribution in [3.05, 3.63) is 29.8 Å². The predicted molar refractivity (Wildman–Crippen MR) is 77.3 cm³/mol. The van der Waals surface area contributed by atoms with Gasteiger partial charge >= 0.3 is 5.97 Å². The lowest BCUT2D eigenvalue weighted by atomic mass is 10.1. The number of nitrogens with zero attached hydrogens (tertiary/aromatic N) is 1. The molecular weight excluding hydrogens is 272 g/mol. The number of nitrogens with one attached hydrogen (secondary N) is 1. The van der Waals surface area contributed by atoms with Gasteiger partial charge in [0.1, 0.15) is 17.8 Å². The minimum atomic E-state index is -0.521. The third-order valence-electron chi connectivity index (χ3n) is 3.14. The van der Waals surface area contributed by atoms with E-state index in [-0.39, 0.29) is 11.8 Å². The van der Waals surface area contributed by atoms with Crippen LogP contribution in [0.15, 0.2) is 29.3 Å². The van der Waals surface area contributed by atoms with E-state index in [0.29, 0.717) is 6.42 Å². The van der Waals surface area contributed by atoms with Crippen LogP contribution in [0, 0.1) is 0 Å². The molecule has 0 saturated carbocycles. The third-order valence-corrected chi connectivity index (χ3v) is 3.14. The number of methoxy groups -OCH3 is 1. The second-order valence-electron chi connectivity index (χ2n) is 4.87. The van der Waals surface area contributed by atoms with E-state index < -0.39 is 18.1 Å². The van der Waals surface area contributed by atoms with E-state index in [1.165, 1.54) is 6.92 Å². The molecule has 1 aromatic rings. The van der Waals surface area contributed by atoms with E-state index in [4.69, 9.17) is 9.47 Å². The topological polar surface area (TPSA) is 77.0 Å². The molecule has 0 aromatic heterocycles. The Labute approximate surface area is 123 Å². The Bertz CT molecular complexity index is 566. The number of carbonyl (C=O) groups is 2. The molecule has 6 heteroatoms. The molecule has 1 aliphatic heterocycles. The highest BCUT2D eigenvalue weighted by molar-refractivity contribution is 6.00. The molecule has 0 aliphatic carbocycles. The van der Waals surface area contributed by atoms with Crippen LogP contribution in [0.5, 0.6) is 5.75 Å². The van der Waals surface area contributed by atoms with Gasteiger partial charge in [0.15, 0.2) is 0 Å². The van der Waals surface area contributed by atoms with E-state index >= 15 is 0 Å². The molecule has 1 aliphatic rings. The Balaban J connectivity index is 2.14. The van der Waals surface area contributed by atoms with Crippen LogP contribution in [0.3, 0.4) is 0 Å². The first-order valence-electron chi connectivity index (χ1n) is 6.69. The van der Waals surface area contributed by atoms with Crippen molar-refractivity contribution in [2.24, 2.45) is 4.99 Å². The van der Waals surface area contributed by atoms with Crippen LogP contribution in [0.25, 0.3) is 0 Å². The van der Waals surface area contributed by atoms with E-state index in [0.717, 1.165) is 11.3 Å². The first-order valence-corrected chi connectivity index (χ1v) is 6.69. The fraction of sp³-hybridized carbons (Fsp3) is 0.400. The van der Waals surface area contributed by atoms with Crippen molar-refractivity contribution in [3.63, 3.8) is 0 Å². The molecule has 0 fully saturated rings. The largest absolute Gasteiger partial charge is 0.497 e. The second-order valence-corrected chi connectivity index (χ2v) is 4.87. The van der Waals surface area contributed by atoms with Crippen LogP contribution in [0.2, 0.25) is 0 Å². The van der Waals surface area contributed by atoms with Crippen LogP contribution < -0.4 is 10.1 Å². The lowest BCUT2D eigenvalue weighted by molar-refractivity contribution is -0.135. The van der Waals surface area contributed by atoms with Gasteiger partial charge in [-0.05, 0) is 24.6 Å². The summed E-state index contributed by atoms with van der Waals surface area (Å²) in [4.78, 5) is 26.9. The van der Waals surface area contributed by atoms with Gasteiger partial charge in [-0.2, -0.15) is 0 Å². The molecule has 0 spiro atoms. The van der Waals surface area contributed by atoms with E-state index in [2.05, 4.69) is 10.3 Å². The first kappa shape index (κ1) is 15.0. The fourth-order valence-corrected chi connectivity index (χ4v) is 2.06. The summed E-state index contributed by atoms with van der Waals surface area (Å²) in [5.74, 6) is 0.425. The molecule has 2 unspecified atom stereocenters. The van der Waals surface area contributed by atoms with Crippen LogP contribution in [-0.4, -0.2) is 37.0 Å². The number of cyclic esters (lactones) is 1. The minimum Gasteiger partial charge on any atom is -0.497 e. The Morgan fingerprint density at radius 1 is 1.43 bits per heavy atom. The zero-order valence-corrected chi connectivity index (χ0v) is 12.3. The average molecular weight is 290 g/mol. The molecule has 0 saturated heterocycles. The lowest BCUT2D eigenvalue weighted by Crippen LogP contribution is -2.41. The van der Waals surface area contributed by atoms with Crippen molar-refractivity contribution in [1.29, 1.82) is 0 Å². The molecular formula is C15H18N2O4. The fourth-order valence-electron chi connectivity index (χ4n) is 2.06. The Hall–Kier alpha value is -2.37. The molecule has 0 bridgehead atoms.